The molecule has 2 aromatic rings. The van der Waals surface area contributed by atoms with Crippen LogP contribution in [0.5, 0.6) is 0 Å². The highest BCUT2D eigenvalue weighted by molar-refractivity contribution is 7.68. The Morgan fingerprint density at radius 1 is 0.696 bits per heavy atom. The number of hydrogen-bond acceptors (Lipinski definition) is 0. The van der Waals surface area contributed by atoms with Crippen LogP contribution in [0.15, 0.2) is 54.6 Å². The molecule has 0 radical (unpaired) electrons. The summed E-state index contributed by atoms with van der Waals surface area (Å²) in [5.41, 5.74) is 2.76. The van der Waals surface area contributed by atoms with Crippen molar-refractivity contribution in [2.45, 2.75) is 64.7 Å². The molecule has 2 rings (SSSR count). The molecule has 0 nitrogen and oxygen atoms in total. The third-order valence-electron chi connectivity index (χ3n) is 5.17. The highest BCUT2D eigenvalue weighted by Crippen LogP contribution is 2.62. The monoisotopic (exact) mass is 326 g/mol. The van der Waals surface area contributed by atoms with E-state index in [0.29, 0.717) is 10.3 Å². The molecule has 1 heteroatoms. The van der Waals surface area contributed by atoms with Gasteiger partial charge in [0.1, 0.15) is 0 Å². The summed E-state index contributed by atoms with van der Waals surface area (Å²) in [5, 5.41) is 2.23. The molecule has 0 unspecified atom stereocenters. The summed E-state index contributed by atoms with van der Waals surface area (Å²) < 4.78 is 0. The molecule has 124 valence electrons. The third-order valence-corrected chi connectivity index (χ3v) is 9.10. The van der Waals surface area contributed by atoms with Gasteiger partial charge in [-0.3, -0.25) is 0 Å². The van der Waals surface area contributed by atoms with E-state index in [9.17, 15) is 0 Å². The molecule has 0 heterocycles. The number of hydrogen-bond donors (Lipinski definition) is 0. The van der Waals surface area contributed by atoms with Crippen LogP contribution in [0.25, 0.3) is 11.1 Å². The lowest BCUT2D eigenvalue weighted by molar-refractivity contribution is 0.610. The molecule has 0 saturated carbocycles. The van der Waals surface area contributed by atoms with E-state index >= 15 is 0 Å². The Bertz CT molecular complexity index is 609. The van der Waals surface area contributed by atoms with Crippen LogP contribution in [0.3, 0.4) is 0 Å². The van der Waals surface area contributed by atoms with E-state index < -0.39 is 0 Å². The molecule has 0 aliphatic rings. The van der Waals surface area contributed by atoms with Crippen molar-refractivity contribution < 1.29 is 0 Å². The average Bonchev–Trinajstić information content (AvgIpc) is 2.56. The third kappa shape index (κ3) is 3.86. The fraction of sp³-hybridized carbons (Fsp3) is 0.455. The van der Waals surface area contributed by atoms with Crippen LogP contribution in [-0.2, 0) is 0 Å². The molecule has 0 N–H and O–H groups in total. The van der Waals surface area contributed by atoms with Crippen molar-refractivity contribution in [1.29, 1.82) is 0 Å². The van der Waals surface area contributed by atoms with Gasteiger partial charge in [-0.25, -0.2) is 0 Å². The summed E-state index contributed by atoms with van der Waals surface area (Å²) in [4.78, 5) is 0. The molecule has 23 heavy (non-hydrogen) atoms. The molecule has 0 atom stereocenters. The average molecular weight is 326 g/mol. The quantitative estimate of drug-likeness (QED) is 0.510. The van der Waals surface area contributed by atoms with Crippen LogP contribution in [-0.4, -0.2) is 10.3 Å². The molecule has 0 aromatic heterocycles. The minimum atomic E-state index is -0.287. The van der Waals surface area contributed by atoms with Gasteiger partial charge in [0, 0.05) is 0 Å². The molecule has 0 fully saturated rings. The molecular weight excluding hydrogens is 295 g/mol. The lowest BCUT2D eigenvalue weighted by Crippen LogP contribution is -2.35. The zero-order valence-electron chi connectivity index (χ0n) is 15.6. The Kier molecular flexibility index (Phi) is 5.69. The molecule has 0 aliphatic heterocycles. The van der Waals surface area contributed by atoms with Gasteiger partial charge in [-0.15, -0.1) is 0 Å². The van der Waals surface area contributed by atoms with E-state index in [1.54, 1.807) is 5.30 Å². The zero-order chi connectivity index (χ0) is 17.1. The summed E-state index contributed by atoms with van der Waals surface area (Å²) in [6.07, 6.45) is 2.43. The van der Waals surface area contributed by atoms with E-state index in [1.165, 1.54) is 24.0 Å². The topological polar surface area (TPSA) is 0 Å². The van der Waals surface area contributed by atoms with Crippen LogP contribution in [0.1, 0.15) is 54.4 Å². The molecule has 0 aliphatic carbocycles. The normalized spacial score (nSPS) is 12.7. The van der Waals surface area contributed by atoms with Gasteiger partial charge in [0.2, 0.25) is 0 Å². The molecule has 0 bridgehead atoms. The highest BCUT2D eigenvalue weighted by atomic mass is 31.1. The maximum Gasteiger partial charge on any atom is -0.0107 e. The Morgan fingerprint density at radius 2 is 1.17 bits per heavy atom. The number of benzene rings is 2. The van der Waals surface area contributed by atoms with Gasteiger partial charge in [-0.05, 0) is 39.6 Å². The van der Waals surface area contributed by atoms with Crippen LogP contribution < -0.4 is 5.30 Å². The van der Waals surface area contributed by atoms with Crippen LogP contribution in [0.2, 0.25) is 0 Å². The predicted molar refractivity (Wildman–Crippen MR) is 107 cm³/mol. The second kappa shape index (κ2) is 7.18. The SMILES string of the molecule is CCC(C)(C)P(c1ccccc1-c1ccccc1)C(C)(C)CC. The molecule has 0 saturated heterocycles. The van der Waals surface area contributed by atoms with Gasteiger partial charge >= 0.3 is 0 Å². The van der Waals surface area contributed by atoms with Crippen LogP contribution in [0, 0.1) is 0 Å². The fourth-order valence-corrected chi connectivity index (χ4v) is 7.57. The lowest BCUT2D eigenvalue weighted by atomic mass is 10.1. The van der Waals surface area contributed by atoms with Crippen molar-refractivity contribution >= 4 is 13.2 Å². The summed E-state index contributed by atoms with van der Waals surface area (Å²) in [5.74, 6) is 0. The Labute approximate surface area is 144 Å². The van der Waals surface area contributed by atoms with E-state index in [0.717, 1.165) is 0 Å². The van der Waals surface area contributed by atoms with Gasteiger partial charge in [-0.2, -0.15) is 0 Å². The summed E-state index contributed by atoms with van der Waals surface area (Å²) in [6.45, 7) is 14.5. The van der Waals surface area contributed by atoms with Gasteiger partial charge < -0.3 is 0 Å². The molecule has 2 aromatic carbocycles. The minimum absolute atomic E-state index is 0.287. The maximum absolute atomic E-state index is 2.46. The van der Waals surface area contributed by atoms with Gasteiger partial charge in [0.25, 0.3) is 0 Å². The first-order valence-electron chi connectivity index (χ1n) is 8.78. The van der Waals surface area contributed by atoms with Crippen molar-refractivity contribution in [2.75, 3.05) is 0 Å². The first-order valence-corrected chi connectivity index (χ1v) is 10.1. The van der Waals surface area contributed by atoms with Crippen molar-refractivity contribution in [3.8, 4) is 11.1 Å². The van der Waals surface area contributed by atoms with E-state index in [4.69, 9.17) is 0 Å². The maximum atomic E-state index is 2.46. The lowest BCUT2D eigenvalue weighted by Gasteiger charge is -2.46. The first-order chi connectivity index (χ1) is 10.8. The summed E-state index contributed by atoms with van der Waals surface area (Å²) >= 11 is 0. The highest BCUT2D eigenvalue weighted by Gasteiger charge is 2.40. The second-order valence-electron chi connectivity index (χ2n) is 7.55. The summed E-state index contributed by atoms with van der Waals surface area (Å²) in [6, 6.07) is 19.9. The fourth-order valence-electron chi connectivity index (χ4n) is 3.32. The van der Waals surface area contributed by atoms with Crippen molar-refractivity contribution in [1.82, 2.24) is 0 Å². The molecule has 0 amide bonds. The Hall–Kier alpha value is -1.13. The smallest absolute Gasteiger partial charge is 0.0107 e. The van der Waals surface area contributed by atoms with Crippen LogP contribution in [0.4, 0.5) is 0 Å². The van der Waals surface area contributed by atoms with Crippen molar-refractivity contribution in [3.63, 3.8) is 0 Å². The largest absolute Gasteiger partial charge is 0.0645 e. The van der Waals surface area contributed by atoms with Crippen LogP contribution >= 0.6 is 7.92 Å². The van der Waals surface area contributed by atoms with E-state index in [-0.39, 0.29) is 7.92 Å². The Morgan fingerprint density at radius 3 is 1.70 bits per heavy atom. The van der Waals surface area contributed by atoms with E-state index in [1.807, 2.05) is 0 Å². The van der Waals surface area contributed by atoms with Crippen molar-refractivity contribution in [3.05, 3.63) is 54.6 Å². The molecule has 0 spiro atoms. The zero-order valence-corrected chi connectivity index (χ0v) is 16.5. The summed E-state index contributed by atoms with van der Waals surface area (Å²) in [7, 11) is -0.287. The second-order valence-corrected chi connectivity index (χ2v) is 11.1. The first kappa shape index (κ1) is 18.2. The van der Waals surface area contributed by atoms with Crippen molar-refractivity contribution in [2.24, 2.45) is 0 Å². The Balaban J connectivity index is 2.66. The van der Waals surface area contributed by atoms with E-state index in [2.05, 4.69) is 96.1 Å². The van der Waals surface area contributed by atoms with Gasteiger partial charge in [0.15, 0.2) is 0 Å². The standard InChI is InChI=1S/C22H31P/c1-7-21(3,4)23(22(5,6)8-2)20-17-13-12-16-19(20)18-14-10-9-11-15-18/h9-17H,7-8H2,1-6H3. The van der Waals surface area contributed by atoms with Gasteiger partial charge in [0.05, 0.1) is 0 Å². The minimum Gasteiger partial charge on any atom is -0.0645 e. The predicted octanol–water partition coefficient (Wildman–Crippen LogP) is 6.84. The number of rotatable bonds is 6. The molecular formula is C22H31P. The van der Waals surface area contributed by atoms with Gasteiger partial charge in [-0.1, -0.05) is 104 Å².